The molecule has 6 heteroatoms. The van der Waals surface area contributed by atoms with Crippen LogP contribution in [0.15, 0.2) is 48.5 Å². The number of benzene rings is 2. The second-order valence-corrected chi connectivity index (χ2v) is 4.79. The number of rotatable bonds is 1. The summed E-state index contributed by atoms with van der Waals surface area (Å²) >= 11 is 0. The SMILES string of the molecule is O=C1Nc2ccccc2C1(O)c1ccc(C(F)(F)F)cc1. The van der Waals surface area contributed by atoms with E-state index in [1.54, 1.807) is 24.3 Å². The van der Waals surface area contributed by atoms with E-state index in [2.05, 4.69) is 5.32 Å². The lowest BCUT2D eigenvalue weighted by atomic mass is 9.87. The molecule has 0 aliphatic carbocycles. The highest BCUT2D eigenvalue weighted by molar-refractivity contribution is 6.07. The largest absolute Gasteiger partial charge is 0.416 e. The third-order valence-electron chi connectivity index (χ3n) is 3.52. The third-order valence-corrected chi connectivity index (χ3v) is 3.52. The van der Waals surface area contributed by atoms with Crippen molar-refractivity contribution in [2.24, 2.45) is 0 Å². The van der Waals surface area contributed by atoms with Crippen molar-refractivity contribution in [2.45, 2.75) is 11.8 Å². The van der Waals surface area contributed by atoms with E-state index in [1.807, 2.05) is 0 Å². The molecule has 1 aliphatic heterocycles. The monoisotopic (exact) mass is 293 g/mol. The Kier molecular flexibility index (Phi) is 2.81. The molecule has 0 fully saturated rings. The fourth-order valence-electron chi connectivity index (χ4n) is 2.43. The average molecular weight is 293 g/mol. The Morgan fingerprint density at radius 3 is 2.24 bits per heavy atom. The van der Waals surface area contributed by atoms with Crippen molar-refractivity contribution < 1.29 is 23.1 Å². The third kappa shape index (κ3) is 1.99. The predicted molar refractivity (Wildman–Crippen MR) is 69.5 cm³/mol. The molecule has 108 valence electrons. The standard InChI is InChI=1S/C15H10F3NO2/c16-15(17,18)10-7-5-9(6-8-10)14(21)11-3-1-2-4-12(11)19-13(14)20/h1-8,21H,(H,19,20). The summed E-state index contributed by atoms with van der Waals surface area (Å²) in [5.74, 6) is -0.677. The number of alkyl halides is 3. The number of fused-ring (bicyclic) bond motifs is 1. The molecule has 0 radical (unpaired) electrons. The van der Waals surface area contributed by atoms with Gasteiger partial charge in [-0.2, -0.15) is 13.2 Å². The Hall–Kier alpha value is -2.34. The van der Waals surface area contributed by atoms with E-state index in [0.29, 0.717) is 11.3 Å². The van der Waals surface area contributed by atoms with Crippen LogP contribution in [-0.2, 0) is 16.6 Å². The molecule has 1 atom stereocenters. The van der Waals surface area contributed by atoms with Crippen molar-refractivity contribution in [3.63, 3.8) is 0 Å². The number of hydrogen-bond acceptors (Lipinski definition) is 2. The molecule has 1 amide bonds. The van der Waals surface area contributed by atoms with Crippen molar-refractivity contribution in [3.05, 3.63) is 65.2 Å². The van der Waals surface area contributed by atoms with E-state index in [0.717, 1.165) is 24.3 Å². The fourth-order valence-corrected chi connectivity index (χ4v) is 2.43. The second-order valence-electron chi connectivity index (χ2n) is 4.79. The van der Waals surface area contributed by atoms with Crippen molar-refractivity contribution in [1.82, 2.24) is 0 Å². The first-order chi connectivity index (χ1) is 9.83. The van der Waals surface area contributed by atoms with Crippen molar-refractivity contribution >= 4 is 11.6 Å². The molecular weight excluding hydrogens is 283 g/mol. The number of amides is 1. The summed E-state index contributed by atoms with van der Waals surface area (Å²) in [5, 5.41) is 13.2. The number of halogens is 3. The minimum absolute atomic E-state index is 0.0953. The lowest BCUT2D eigenvalue weighted by Crippen LogP contribution is -2.35. The molecule has 3 rings (SSSR count). The van der Waals surface area contributed by atoms with Crippen LogP contribution in [0.5, 0.6) is 0 Å². The predicted octanol–water partition coefficient (Wildman–Crippen LogP) is 2.89. The smallest absolute Gasteiger partial charge is 0.372 e. The van der Waals surface area contributed by atoms with Gasteiger partial charge in [0.15, 0.2) is 5.60 Å². The highest BCUT2D eigenvalue weighted by atomic mass is 19.4. The molecule has 1 unspecified atom stereocenters. The summed E-state index contributed by atoms with van der Waals surface area (Å²) in [4.78, 5) is 12.1. The van der Waals surface area contributed by atoms with E-state index in [4.69, 9.17) is 0 Å². The number of para-hydroxylation sites is 1. The fraction of sp³-hybridized carbons (Fsp3) is 0.133. The molecule has 0 saturated heterocycles. The molecular formula is C15H10F3NO2. The Morgan fingerprint density at radius 2 is 1.62 bits per heavy atom. The van der Waals surface area contributed by atoms with Crippen molar-refractivity contribution in [3.8, 4) is 0 Å². The lowest BCUT2D eigenvalue weighted by molar-refractivity contribution is -0.137. The highest BCUT2D eigenvalue weighted by Crippen LogP contribution is 2.41. The maximum atomic E-state index is 12.6. The number of carbonyl (C=O) groups excluding carboxylic acids is 1. The van der Waals surface area contributed by atoms with Crippen LogP contribution >= 0.6 is 0 Å². The molecule has 2 aromatic rings. The number of aliphatic hydroxyl groups is 1. The molecule has 2 aromatic carbocycles. The van der Waals surface area contributed by atoms with Crippen LogP contribution in [0.1, 0.15) is 16.7 Å². The summed E-state index contributed by atoms with van der Waals surface area (Å²) in [6.07, 6.45) is -4.46. The maximum absolute atomic E-state index is 12.6. The van der Waals surface area contributed by atoms with Gasteiger partial charge in [-0.05, 0) is 23.8 Å². The summed E-state index contributed by atoms with van der Waals surface area (Å²) in [7, 11) is 0. The normalized spacial score (nSPS) is 21.0. The first-order valence-corrected chi connectivity index (χ1v) is 6.14. The van der Waals surface area contributed by atoms with Crippen molar-refractivity contribution in [1.29, 1.82) is 0 Å². The average Bonchev–Trinajstić information content (AvgIpc) is 2.71. The lowest BCUT2D eigenvalue weighted by Gasteiger charge is -2.21. The Bertz CT molecular complexity index is 710. The molecule has 0 spiro atoms. The first-order valence-electron chi connectivity index (χ1n) is 6.14. The molecule has 21 heavy (non-hydrogen) atoms. The van der Waals surface area contributed by atoms with Crippen LogP contribution < -0.4 is 5.32 Å². The summed E-state index contributed by atoms with van der Waals surface area (Å²) in [6, 6.07) is 10.4. The minimum atomic E-state index is -4.46. The van der Waals surface area contributed by atoms with Gasteiger partial charge in [0, 0.05) is 11.3 Å². The van der Waals surface area contributed by atoms with Crippen molar-refractivity contribution in [2.75, 3.05) is 5.32 Å². The van der Waals surface area contributed by atoms with Gasteiger partial charge in [0.25, 0.3) is 5.91 Å². The molecule has 2 N–H and O–H groups in total. The van der Waals surface area contributed by atoms with E-state index in [-0.39, 0.29) is 5.56 Å². The van der Waals surface area contributed by atoms with E-state index in [1.165, 1.54) is 0 Å². The van der Waals surface area contributed by atoms with Gasteiger partial charge in [0.05, 0.1) is 5.56 Å². The van der Waals surface area contributed by atoms with Crippen LogP contribution in [0.2, 0.25) is 0 Å². The van der Waals surface area contributed by atoms with Crippen LogP contribution in [0, 0.1) is 0 Å². The second kappa shape index (κ2) is 4.33. The first kappa shape index (κ1) is 13.6. The maximum Gasteiger partial charge on any atom is 0.416 e. The van der Waals surface area contributed by atoms with Gasteiger partial charge in [0.2, 0.25) is 0 Å². The van der Waals surface area contributed by atoms with E-state index in [9.17, 15) is 23.1 Å². The quantitative estimate of drug-likeness (QED) is 0.849. The van der Waals surface area contributed by atoms with Gasteiger partial charge in [0.1, 0.15) is 0 Å². The summed E-state index contributed by atoms with van der Waals surface area (Å²) < 4.78 is 37.7. The van der Waals surface area contributed by atoms with Crippen LogP contribution in [0.25, 0.3) is 0 Å². The van der Waals surface area contributed by atoms with E-state index >= 15 is 0 Å². The zero-order valence-electron chi connectivity index (χ0n) is 10.6. The molecule has 0 saturated carbocycles. The van der Waals surface area contributed by atoms with E-state index < -0.39 is 23.2 Å². The summed E-state index contributed by atoms with van der Waals surface area (Å²) in [5.41, 5.74) is -1.93. The number of hydrogen-bond donors (Lipinski definition) is 2. The van der Waals surface area contributed by atoms with Crippen LogP contribution in [0.3, 0.4) is 0 Å². The number of nitrogens with one attached hydrogen (secondary N) is 1. The zero-order valence-corrected chi connectivity index (χ0v) is 10.6. The number of carbonyl (C=O) groups is 1. The van der Waals surface area contributed by atoms with Gasteiger partial charge in [-0.25, -0.2) is 0 Å². The van der Waals surface area contributed by atoms with Crippen LogP contribution in [0.4, 0.5) is 18.9 Å². The molecule has 1 heterocycles. The minimum Gasteiger partial charge on any atom is -0.372 e. The zero-order chi connectivity index (χ0) is 15.3. The van der Waals surface area contributed by atoms with Crippen LogP contribution in [-0.4, -0.2) is 11.0 Å². The summed E-state index contributed by atoms with van der Waals surface area (Å²) in [6.45, 7) is 0. The Balaban J connectivity index is 2.09. The van der Waals surface area contributed by atoms with Gasteiger partial charge < -0.3 is 10.4 Å². The molecule has 3 nitrogen and oxygen atoms in total. The Labute approximate surface area is 118 Å². The van der Waals surface area contributed by atoms with Gasteiger partial charge in [-0.3, -0.25) is 4.79 Å². The van der Waals surface area contributed by atoms with Gasteiger partial charge >= 0.3 is 6.18 Å². The molecule has 1 aliphatic rings. The highest BCUT2D eigenvalue weighted by Gasteiger charge is 2.46. The van der Waals surface area contributed by atoms with Gasteiger partial charge in [-0.1, -0.05) is 30.3 Å². The van der Waals surface area contributed by atoms with Gasteiger partial charge in [-0.15, -0.1) is 0 Å². The number of anilines is 1. The molecule has 0 bridgehead atoms. The Morgan fingerprint density at radius 1 is 1.00 bits per heavy atom. The topological polar surface area (TPSA) is 49.3 Å². The molecule has 0 aromatic heterocycles.